The summed E-state index contributed by atoms with van der Waals surface area (Å²) in [5.74, 6) is 0.573. The molecule has 144 valence electrons. The molecule has 0 unspecified atom stereocenters. The number of nitrogens with zero attached hydrogens (tertiary/aromatic N) is 2. The molecular weight excluding hydrogens is 382 g/mol. The first-order valence-electron chi connectivity index (χ1n) is 8.17. The zero-order valence-corrected chi connectivity index (χ0v) is 16.2. The summed E-state index contributed by atoms with van der Waals surface area (Å²) in [5, 5.41) is 16.0. The van der Waals surface area contributed by atoms with Gasteiger partial charge in [-0.05, 0) is 19.1 Å². The lowest BCUT2D eigenvalue weighted by Gasteiger charge is -2.09. The van der Waals surface area contributed by atoms with Crippen molar-refractivity contribution in [2.75, 3.05) is 19.5 Å². The summed E-state index contributed by atoms with van der Waals surface area (Å²) in [7, 11) is 3.00. The number of ether oxygens (including phenoxy) is 2. The van der Waals surface area contributed by atoms with Crippen LogP contribution in [0.2, 0.25) is 0 Å². The molecule has 0 aliphatic carbocycles. The van der Waals surface area contributed by atoms with Gasteiger partial charge in [-0.25, -0.2) is 4.98 Å². The Bertz CT molecular complexity index is 1050. The van der Waals surface area contributed by atoms with Gasteiger partial charge in [0.2, 0.25) is 0 Å². The van der Waals surface area contributed by atoms with Gasteiger partial charge in [0.15, 0.2) is 5.13 Å². The predicted octanol–water partition coefficient (Wildman–Crippen LogP) is 4.30. The van der Waals surface area contributed by atoms with Crippen LogP contribution in [0, 0.1) is 17.0 Å². The minimum absolute atomic E-state index is 0.0269. The fourth-order valence-electron chi connectivity index (χ4n) is 2.58. The zero-order valence-electron chi connectivity index (χ0n) is 15.4. The molecule has 0 aliphatic rings. The SMILES string of the molecule is COc1ccc(C(=O)Nc2nc(-c3ccc(C)c([N+](=O)[O-])c3)cs2)c(OC)c1. The molecule has 3 rings (SSSR count). The van der Waals surface area contributed by atoms with Crippen LogP contribution in [0.1, 0.15) is 15.9 Å². The van der Waals surface area contributed by atoms with Crippen molar-refractivity contribution < 1.29 is 19.2 Å². The number of amides is 1. The Morgan fingerprint density at radius 1 is 1.18 bits per heavy atom. The second-order valence-corrected chi connectivity index (χ2v) is 6.67. The molecule has 8 nitrogen and oxygen atoms in total. The Morgan fingerprint density at radius 3 is 2.64 bits per heavy atom. The van der Waals surface area contributed by atoms with Crippen LogP contribution in [0.3, 0.4) is 0 Å². The van der Waals surface area contributed by atoms with Crippen molar-refractivity contribution in [3.63, 3.8) is 0 Å². The highest BCUT2D eigenvalue weighted by Gasteiger charge is 2.17. The summed E-state index contributed by atoms with van der Waals surface area (Å²) >= 11 is 1.23. The van der Waals surface area contributed by atoms with E-state index in [9.17, 15) is 14.9 Å². The molecule has 0 saturated heterocycles. The number of nitro groups is 1. The van der Waals surface area contributed by atoms with Crippen molar-refractivity contribution in [3.05, 3.63) is 63.0 Å². The third-order valence-corrected chi connectivity index (χ3v) is 4.84. The van der Waals surface area contributed by atoms with E-state index in [1.165, 1.54) is 31.6 Å². The van der Waals surface area contributed by atoms with E-state index < -0.39 is 4.92 Å². The van der Waals surface area contributed by atoms with E-state index in [2.05, 4.69) is 10.3 Å². The molecule has 0 aliphatic heterocycles. The molecule has 0 spiro atoms. The Labute approximate surface area is 164 Å². The molecule has 1 amide bonds. The van der Waals surface area contributed by atoms with Gasteiger partial charge in [0.25, 0.3) is 11.6 Å². The molecule has 28 heavy (non-hydrogen) atoms. The third kappa shape index (κ3) is 3.94. The number of aromatic nitrogens is 1. The number of methoxy groups -OCH3 is 2. The molecule has 3 aromatic rings. The predicted molar refractivity (Wildman–Crippen MR) is 106 cm³/mol. The minimum atomic E-state index is -0.427. The average molecular weight is 399 g/mol. The van der Waals surface area contributed by atoms with Crippen LogP contribution in [0.15, 0.2) is 41.8 Å². The van der Waals surface area contributed by atoms with Crippen LogP contribution < -0.4 is 14.8 Å². The number of thiazole rings is 1. The van der Waals surface area contributed by atoms with Crippen molar-refractivity contribution in [2.45, 2.75) is 6.92 Å². The van der Waals surface area contributed by atoms with Crippen molar-refractivity contribution >= 4 is 28.1 Å². The van der Waals surface area contributed by atoms with Crippen LogP contribution in [-0.2, 0) is 0 Å². The molecular formula is C19H17N3O5S. The number of benzene rings is 2. The fraction of sp³-hybridized carbons (Fsp3) is 0.158. The third-order valence-electron chi connectivity index (χ3n) is 4.08. The summed E-state index contributed by atoms with van der Waals surface area (Å²) in [4.78, 5) is 27.6. The number of rotatable bonds is 6. The highest BCUT2D eigenvalue weighted by Crippen LogP contribution is 2.30. The maximum atomic E-state index is 12.6. The monoisotopic (exact) mass is 399 g/mol. The summed E-state index contributed by atoms with van der Waals surface area (Å²) < 4.78 is 10.4. The van der Waals surface area contributed by atoms with Gasteiger partial charge in [-0.3, -0.25) is 20.2 Å². The Balaban J connectivity index is 1.83. The summed E-state index contributed by atoms with van der Waals surface area (Å²) in [6, 6.07) is 9.79. The summed E-state index contributed by atoms with van der Waals surface area (Å²) in [6.45, 7) is 1.68. The molecule has 0 saturated carbocycles. The van der Waals surface area contributed by atoms with Gasteiger partial charge in [0, 0.05) is 28.6 Å². The topological polar surface area (TPSA) is 104 Å². The van der Waals surface area contributed by atoms with E-state index in [4.69, 9.17) is 9.47 Å². The lowest BCUT2D eigenvalue weighted by molar-refractivity contribution is -0.385. The Hall–Kier alpha value is -3.46. The second-order valence-electron chi connectivity index (χ2n) is 5.82. The first kappa shape index (κ1) is 19.3. The molecule has 9 heteroatoms. The van der Waals surface area contributed by atoms with Gasteiger partial charge in [-0.15, -0.1) is 11.3 Å². The summed E-state index contributed by atoms with van der Waals surface area (Å²) in [6.07, 6.45) is 0. The minimum Gasteiger partial charge on any atom is -0.497 e. The van der Waals surface area contributed by atoms with Crippen LogP contribution in [0.4, 0.5) is 10.8 Å². The molecule has 0 atom stereocenters. The average Bonchev–Trinajstić information content (AvgIpc) is 3.15. The highest BCUT2D eigenvalue weighted by molar-refractivity contribution is 7.14. The van der Waals surface area contributed by atoms with Crippen molar-refractivity contribution in [2.24, 2.45) is 0 Å². The molecule has 1 N–H and O–H groups in total. The molecule has 0 fully saturated rings. The van der Waals surface area contributed by atoms with Gasteiger partial charge < -0.3 is 9.47 Å². The number of carbonyl (C=O) groups is 1. The number of aryl methyl sites for hydroxylation is 1. The number of carbonyl (C=O) groups excluding carboxylic acids is 1. The smallest absolute Gasteiger partial charge is 0.272 e. The lowest BCUT2D eigenvalue weighted by atomic mass is 10.1. The van der Waals surface area contributed by atoms with Crippen LogP contribution in [0.5, 0.6) is 11.5 Å². The van der Waals surface area contributed by atoms with E-state index in [0.717, 1.165) is 0 Å². The van der Waals surface area contributed by atoms with E-state index >= 15 is 0 Å². The van der Waals surface area contributed by atoms with Gasteiger partial charge in [0.05, 0.1) is 30.4 Å². The number of nitrogens with one attached hydrogen (secondary N) is 1. The largest absolute Gasteiger partial charge is 0.497 e. The number of hydrogen-bond donors (Lipinski definition) is 1. The van der Waals surface area contributed by atoms with Crippen molar-refractivity contribution in [1.29, 1.82) is 0 Å². The molecule has 2 aromatic carbocycles. The molecule has 1 heterocycles. The van der Waals surface area contributed by atoms with Crippen LogP contribution in [-0.4, -0.2) is 30.0 Å². The van der Waals surface area contributed by atoms with Crippen LogP contribution >= 0.6 is 11.3 Å². The standard InChI is InChI=1S/C19H17N3O5S/c1-11-4-5-12(8-16(11)22(24)25)15-10-28-19(20-15)21-18(23)14-7-6-13(26-2)9-17(14)27-3/h4-10H,1-3H3,(H,20,21,23). The number of hydrogen-bond acceptors (Lipinski definition) is 7. The first-order valence-corrected chi connectivity index (χ1v) is 9.05. The summed E-state index contributed by atoms with van der Waals surface area (Å²) in [5.41, 5.74) is 2.09. The van der Waals surface area contributed by atoms with E-state index in [0.29, 0.717) is 39.0 Å². The fourth-order valence-corrected chi connectivity index (χ4v) is 3.29. The number of anilines is 1. The highest BCUT2D eigenvalue weighted by atomic mass is 32.1. The maximum Gasteiger partial charge on any atom is 0.272 e. The van der Waals surface area contributed by atoms with Gasteiger partial charge in [0.1, 0.15) is 11.5 Å². The van der Waals surface area contributed by atoms with Gasteiger partial charge in [-0.1, -0.05) is 12.1 Å². The first-order chi connectivity index (χ1) is 13.4. The zero-order chi connectivity index (χ0) is 20.3. The van der Waals surface area contributed by atoms with Gasteiger partial charge >= 0.3 is 0 Å². The molecule has 0 radical (unpaired) electrons. The quantitative estimate of drug-likeness (QED) is 0.490. The lowest BCUT2D eigenvalue weighted by Crippen LogP contribution is -2.13. The number of nitro benzene ring substituents is 1. The normalized spacial score (nSPS) is 10.4. The van der Waals surface area contributed by atoms with E-state index in [-0.39, 0.29) is 11.6 Å². The molecule has 1 aromatic heterocycles. The Kier molecular flexibility index (Phi) is 5.55. The van der Waals surface area contributed by atoms with Crippen molar-refractivity contribution in [1.82, 2.24) is 4.98 Å². The van der Waals surface area contributed by atoms with Crippen LogP contribution in [0.25, 0.3) is 11.3 Å². The molecule has 0 bridgehead atoms. The second kappa shape index (κ2) is 8.05. The van der Waals surface area contributed by atoms with E-state index in [1.807, 2.05) is 0 Å². The Morgan fingerprint density at radius 2 is 1.96 bits per heavy atom. The maximum absolute atomic E-state index is 12.6. The van der Waals surface area contributed by atoms with E-state index in [1.54, 1.807) is 42.6 Å². The van der Waals surface area contributed by atoms with Crippen molar-refractivity contribution in [3.8, 4) is 22.8 Å². The van der Waals surface area contributed by atoms with Gasteiger partial charge in [-0.2, -0.15) is 0 Å².